The Hall–Kier alpha value is -1.47. The lowest BCUT2D eigenvalue weighted by Crippen LogP contribution is -2.24. The van der Waals surface area contributed by atoms with Crippen LogP contribution in [-0.2, 0) is 4.79 Å². The van der Waals surface area contributed by atoms with Crippen LogP contribution in [0.2, 0.25) is 0 Å². The van der Waals surface area contributed by atoms with E-state index in [0.717, 1.165) is 4.47 Å². The largest absolute Gasteiger partial charge is 0.481 e. The first-order chi connectivity index (χ1) is 15.2. The zero-order valence-corrected chi connectivity index (χ0v) is 23.6. The van der Waals surface area contributed by atoms with Crippen LogP contribution in [0.4, 0.5) is 0 Å². The van der Waals surface area contributed by atoms with Crippen molar-refractivity contribution >= 4 is 97.7 Å². The van der Waals surface area contributed by atoms with E-state index in [4.69, 9.17) is 13.9 Å². The predicted octanol–water partition coefficient (Wildman–Crippen LogP) is 6.84. The van der Waals surface area contributed by atoms with Crippen LogP contribution in [0.1, 0.15) is 16.1 Å². The Morgan fingerprint density at radius 1 is 0.969 bits per heavy atom. The number of hydrazone groups is 1. The number of hydrogen-bond donors (Lipinski definition) is 1. The second-order valence-corrected chi connectivity index (χ2v) is 10.3. The van der Waals surface area contributed by atoms with Crippen molar-refractivity contribution in [3.8, 4) is 11.5 Å². The van der Waals surface area contributed by atoms with Gasteiger partial charge in [0, 0.05) is 14.5 Å². The molecule has 1 amide bonds. The number of carbonyl (C=O) groups is 2. The highest BCUT2D eigenvalue weighted by Crippen LogP contribution is 2.36. The lowest BCUT2D eigenvalue weighted by Gasteiger charge is -2.10. The molecule has 2 aromatic carbocycles. The number of furan rings is 1. The molecule has 0 aliphatic carbocycles. The summed E-state index contributed by atoms with van der Waals surface area (Å²) >= 11 is 16.9. The quantitative estimate of drug-likeness (QED) is 0.123. The SMILES string of the molecule is O=C(COc1c(Br)cc(Br)cc1Br)NN=Cc1cc(Br)cc(Br)c1OC(=O)c1ccco1. The topological polar surface area (TPSA) is 90.1 Å². The van der Waals surface area contributed by atoms with Crippen molar-refractivity contribution in [2.45, 2.75) is 0 Å². The average molecular weight is 759 g/mol. The van der Waals surface area contributed by atoms with Crippen molar-refractivity contribution in [3.63, 3.8) is 0 Å². The first-order valence-electron chi connectivity index (χ1n) is 8.58. The lowest BCUT2D eigenvalue weighted by molar-refractivity contribution is -0.123. The fourth-order valence-electron chi connectivity index (χ4n) is 2.33. The molecule has 0 aliphatic heterocycles. The van der Waals surface area contributed by atoms with Crippen molar-refractivity contribution in [2.24, 2.45) is 5.10 Å². The van der Waals surface area contributed by atoms with Crippen LogP contribution in [-0.4, -0.2) is 24.7 Å². The van der Waals surface area contributed by atoms with E-state index in [1.165, 1.54) is 18.5 Å². The summed E-state index contributed by atoms with van der Waals surface area (Å²) in [6.45, 7) is -0.265. The molecule has 3 rings (SSSR count). The van der Waals surface area contributed by atoms with Gasteiger partial charge in [-0.3, -0.25) is 4.79 Å². The van der Waals surface area contributed by atoms with E-state index in [-0.39, 0.29) is 18.1 Å². The smallest absolute Gasteiger partial charge is 0.379 e. The molecule has 1 N–H and O–H groups in total. The van der Waals surface area contributed by atoms with E-state index >= 15 is 0 Å². The van der Waals surface area contributed by atoms with Gasteiger partial charge in [0.05, 0.1) is 25.9 Å². The minimum absolute atomic E-state index is 0.0541. The Morgan fingerprint density at radius 2 is 1.59 bits per heavy atom. The molecule has 0 saturated heterocycles. The summed E-state index contributed by atoms with van der Waals surface area (Å²) < 4.78 is 19.5. The van der Waals surface area contributed by atoms with Crippen LogP contribution in [0.25, 0.3) is 0 Å². The first-order valence-corrected chi connectivity index (χ1v) is 12.5. The van der Waals surface area contributed by atoms with Crippen molar-refractivity contribution in [1.29, 1.82) is 0 Å². The number of nitrogens with zero attached hydrogens (tertiary/aromatic N) is 1. The fraction of sp³-hybridized carbons (Fsp3) is 0.0500. The summed E-state index contributed by atoms with van der Waals surface area (Å²) in [7, 11) is 0. The molecule has 0 fully saturated rings. The van der Waals surface area contributed by atoms with Crippen LogP contribution in [0.3, 0.4) is 0 Å². The zero-order valence-electron chi connectivity index (χ0n) is 15.7. The van der Waals surface area contributed by atoms with Crippen LogP contribution in [0.5, 0.6) is 11.5 Å². The number of esters is 1. The van der Waals surface area contributed by atoms with Gasteiger partial charge in [0.25, 0.3) is 5.91 Å². The van der Waals surface area contributed by atoms with E-state index in [1.807, 2.05) is 0 Å². The molecule has 32 heavy (non-hydrogen) atoms. The molecule has 1 aromatic heterocycles. The Bertz CT molecular complexity index is 1160. The molecule has 0 unspecified atom stereocenters. The molecule has 0 bridgehead atoms. The van der Waals surface area contributed by atoms with Crippen molar-refractivity contribution in [2.75, 3.05) is 6.61 Å². The highest BCUT2D eigenvalue weighted by Gasteiger charge is 2.17. The van der Waals surface area contributed by atoms with Crippen LogP contribution in [0, 0.1) is 0 Å². The van der Waals surface area contributed by atoms with E-state index < -0.39 is 11.9 Å². The molecular weight excluding hydrogens is 748 g/mol. The number of hydrogen-bond acceptors (Lipinski definition) is 6. The van der Waals surface area contributed by atoms with Gasteiger partial charge in [0.2, 0.25) is 5.76 Å². The van der Waals surface area contributed by atoms with Gasteiger partial charge in [0.1, 0.15) is 5.75 Å². The highest BCUT2D eigenvalue weighted by atomic mass is 79.9. The molecule has 3 aromatic rings. The Kier molecular flexibility index (Phi) is 9.12. The monoisotopic (exact) mass is 754 g/mol. The third-order valence-corrected chi connectivity index (χ3v) is 6.34. The third-order valence-electron chi connectivity index (χ3n) is 3.66. The van der Waals surface area contributed by atoms with Gasteiger partial charge in [-0.2, -0.15) is 5.10 Å². The van der Waals surface area contributed by atoms with Crippen LogP contribution >= 0.6 is 79.6 Å². The summed E-state index contributed by atoms with van der Waals surface area (Å²) in [6, 6.07) is 10.1. The third kappa shape index (κ3) is 6.77. The summed E-state index contributed by atoms with van der Waals surface area (Å²) in [6.07, 6.45) is 2.72. The first kappa shape index (κ1) is 25.2. The second-order valence-electron chi connectivity index (χ2n) is 5.95. The summed E-state index contributed by atoms with van der Waals surface area (Å²) in [5.74, 6) is -0.401. The Balaban J connectivity index is 1.67. The summed E-state index contributed by atoms with van der Waals surface area (Å²) in [4.78, 5) is 24.4. The van der Waals surface area contributed by atoms with E-state index in [2.05, 4.69) is 90.2 Å². The second kappa shape index (κ2) is 11.6. The molecule has 0 radical (unpaired) electrons. The number of halogens is 5. The number of benzene rings is 2. The van der Waals surface area contributed by atoms with Gasteiger partial charge in [-0.25, -0.2) is 10.2 Å². The minimum atomic E-state index is -0.671. The molecule has 0 atom stereocenters. The Labute approximate surface area is 224 Å². The maximum absolute atomic E-state index is 12.3. The van der Waals surface area contributed by atoms with Crippen molar-refractivity contribution in [3.05, 3.63) is 76.3 Å². The number of carbonyl (C=O) groups excluding carboxylic acids is 2. The standard InChI is InChI=1S/C20H11Br5N2O5/c21-11-4-10(18(13(23)5-11)32-20(29)16-2-1-3-30-16)8-26-27-17(28)9-31-19-14(24)6-12(22)7-15(19)25/h1-8H,9H2,(H,27,28). The molecule has 0 spiro atoms. The van der Waals surface area contributed by atoms with Crippen LogP contribution in [0.15, 0.2) is 74.5 Å². The molecule has 1 heterocycles. The van der Waals surface area contributed by atoms with Crippen molar-refractivity contribution in [1.82, 2.24) is 5.43 Å². The summed E-state index contributed by atoms with van der Waals surface area (Å²) in [5.41, 5.74) is 2.81. The normalized spacial score (nSPS) is 10.9. The van der Waals surface area contributed by atoms with Gasteiger partial charge in [-0.05, 0) is 84.2 Å². The maximum atomic E-state index is 12.3. The lowest BCUT2D eigenvalue weighted by atomic mass is 10.2. The minimum Gasteiger partial charge on any atom is -0.481 e. The number of ether oxygens (including phenoxy) is 2. The number of rotatable bonds is 7. The van der Waals surface area contributed by atoms with Crippen molar-refractivity contribution < 1.29 is 23.5 Å². The van der Waals surface area contributed by atoms with Gasteiger partial charge in [0.15, 0.2) is 12.4 Å². The van der Waals surface area contributed by atoms with Gasteiger partial charge in [-0.1, -0.05) is 31.9 Å². The molecule has 0 saturated carbocycles. The Morgan fingerprint density at radius 3 is 2.22 bits per heavy atom. The summed E-state index contributed by atoms with van der Waals surface area (Å²) in [5, 5.41) is 3.93. The number of nitrogens with one attached hydrogen (secondary N) is 1. The average Bonchev–Trinajstić information content (AvgIpc) is 3.24. The van der Waals surface area contributed by atoms with E-state index in [0.29, 0.717) is 29.2 Å². The van der Waals surface area contributed by atoms with Gasteiger partial charge >= 0.3 is 5.97 Å². The van der Waals surface area contributed by atoms with Gasteiger partial charge in [-0.15, -0.1) is 0 Å². The molecular formula is C20H11Br5N2O5. The molecule has 0 aliphatic rings. The number of amides is 1. The van der Waals surface area contributed by atoms with Gasteiger partial charge < -0.3 is 13.9 Å². The van der Waals surface area contributed by atoms with E-state index in [9.17, 15) is 9.59 Å². The molecule has 12 heteroatoms. The maximum Gasteiger partial charge on any atom is 0.379 e. The molecule has 166 valence electrons. The van der Waals surface area contributed by atoms with Crippen LogP contribution < -0.4 is 14.9 Å². The fourth-order valence-corrected chi connectivity index (χ4v) is 6.16. The highest BCUT2D eigenvalue weighted by molar-refractivity contribution is 9.12. The predicted molar refractivity (Wildman–Crippen MR) is 136 cm³/mol. The zero-order chi connectivity index (χ0) is 23.3. The molecule has 7 nitrogen and oxygen atoms in total. The van der Waals surface area contributed by atoms with E-state index in [1.54, 1.807) is 30.3 Å².